The van der Waals surface area contributed by atoms with E-state index in [1.165, 1.54) is 29.4 Å². The Morgan fingerprint density at radius 3 is 2.57 bits per heavy atom. The minimum absolute atomic E-state index is 0.0545. The van der Waals surface area contributed by atoms with Gasteiger partial charge in [-0.15, -0.1) is 11.3 Å². The molecule has 6 atom stereocenters. The van der Waals surface area contributed by atoms with E-state index in [9.17, 15) is 24.0 Å². The van der Waals surface area contributed by atoms with Gasteiger partial charge in [0.25, 0.3) is 0 Å². The van der Waals surface area contributed by atoms with Crippen LogP contribution in [0.15, 0.2) is 39.0 Å². The number of hydrogen-bond donors (Lipinski definition) is 4. The monoisotopic (exact) mass is 717 g/mol. The van der Waals surface area contributed by atoms with Crippen molar-refractivity contribution in [3.8, 4) is 0 Å². The number of carbonyl (C=O) groups is 5. The van der Waals surface area contributed by atoms with Crippen LogP contribution < -0.4 is 21.3 Å². The van der Waals surface area contributed by atoms with Crippen LogP contribution in [-0.2, 0) is 42.2 Å². The summed E-state index contributed by atoms with van der Waals surface area (Å²) < 4.78 is 16.4. The van der Waals surface area contributed by atoms with Gasteiger partial charge in [0.2, 0.25) is 29.4 Å². The number of aromatic nitrogens is 3. The smallest absolute Gasteiger partial charge is 0.243 e. The van der Waals surface area contributed by atoms with Gasteiger partial charge in [0, 0.05) is 55.5 Å². The Labute approximate surface area is 297 Å². The van der Waals surface area contributed by atoms with Crippen molar-refractivity contribution in [1.29, 1.82) is 0 Å². The van der Waals surface area contributed by atoms with Gasteiger partial charge >= 0.3 is 0 Å². The van der Waals surface area contributed by atoms with E-state index >= 15 is 0 Å². The van der Waals surface area contributed by atoms with Crippen molar-refractivity contribution in [3.63, 3.8) is 0 Å². The molecule has 16 heteroatoms. The second-order valence-electron chi connectivity index (χ2n) is 13.6. The lowest BCUT2D eigenvalue weighted by Crippen LogP contribution is -2.58. The quantitative estimate of drug-likeness (QED) is 0.176. The summed E-state index contributed by atoms with van der Waals surface area (Å²) in [5.74, 6) is -2.07. The van der Waals surface area contributed by atoms with E-state index in [4.69, 9.17) is 13.6 Å². The van der Waals surface area contributed by atoms with Gasteiger partial charge in [-0.3, -0.25) is 24.0 Å². The Balaban J connectivity index is 1.12. The van der Waals surface area contributed by atoms with Crippen molar-refractivity contribution in [2.45, 2.75) is 76.4 Å². The molecule has 2 fully saturated rings. The number of allylic oxidation sites excluding steroid dienone is 3. The van der Waals surface area contributed by atoms with E-state index in [1.807, 2.05) is 12.2 Å². The van der Waals surface area contributed by atoms with Crippen LogP contribution >= 0.6 is 11.3 Å². The number of amides is 4. The van der Waals surface area contributed by atoms with Crippen LogP contribution in [0.2, 0.25) is 0 Å². The summed E-state index contributed by atoms with van der Waals surface area (Å²) in [6, 6.07) is -3.37. The van der Waals surface area contributed by atoms with Crippen molar-refractivity contribution in [1.82, 2.24) is 36.2 Å². The number of thiazole rings is 1. The van der Waals surface area contributed by atoms with Crippen LogP contribution in [0.4, 0.5) is 0 Å². The number of carbonyl (C=O) groups excluding carboxylic acids is 5. The Morgan fingerprint density at radius 2 is 1.88 bits per heavy atom. The second-order valence-corrected chi connectivity index (χ2v) is 14.6. The van der Waals surface area contributed by atoms with Gasteiger partial charge < -0.3 is 34.8 Å². The molecule has 0 saturated carbocycles. The number of oxazole rings is 2. The molecular weight excluding hydrogens is 678 g/mol. The topological polar surface area (TPSA) is 208 Å². The highest BCUT2D eigenvalue weighted by molar-refractivity contribution is 7.14. The molecule has 0 radical (unpaired) electrons. The summed E-state index contributed by atoms with van der Waals surface area (Å²) in [6.07, 6.45) is 9.71. The van der Waals surface area contributed by atoms with Crippen molar-refractivity contribution in [3.05, 3.63) is 69.0 Å². The highest BCUT2D eigenvalue weighted by Gasteiger charge is 2.46. The molecule has 2 aliphatic carbocycles. The number of rotatable bonds is 14. The fraction of sp³-hybridized carbons (Fsp3) is 0.486. The molecule has 1 unspecified atom stereocenters. The van der Waals surface area contributed by atoms with E-state index in [0.717, 1.165) is 4.88 Å². The van der Waals surface area contributed by atoms with Gasteiger partial charge in [-0.05, 0) is 37.8 Å². The van der Waals surface area contributed by atoms with Crippen molar-refractivity contribution in [2.75, 3.05) is 19.8 Å². The zero-order chi connectivity index (χ0) is 35.9. The van der Waals surface area contributed by atoms with Crippen LogP contribution in [0, 0.1) is 25.7 Å². The third kappa shape index (κ3) is 7.42. The third-order valence-electron chi connectivity index (χ3n) is 9.78. The Hall–Kier alpha value is -4.96. The number of nitrogens with zero attached hydrogens (tertiary/aromatic N) is 3. The highest BCUT2D eigenvalue weighted by Crippen LogP contribution is 2.53. The zero-order valence-corrected chi connectivity index (χ0v) is 29.3. The molecule has 4 amide bonds. The van der Waals surface area contributed by atoms with Gasteiger partial charge in [0.15, 0.2) is 16.8 Å². The first-order chi connectivity index (χ1) is 24.5. The lowest BCUT2D eigenvalue weighted by Gasteiger charge is -2.27. The summed E-state index contributed by atoms with van der Waals surface area (Å²) in [5.41, 5.74) is 2.04. The van der Waals surface area contributed by atoms with E-state index in [1.54, 1.807) is 13.8 Å². The van der Waals surface area contributed by atoms with E-state index in [-0.39, 0.29) is 48.1 Å². The summed E-state index contributed by atoms with van der Waals surface area (Å²) in [7, 11) is 0. The summed E-state index contributed by atoms with van der Waals surface area (Å²) in [4.78, 5) is 81.9. The van der Waals surface area contributed by atoms with Gasteiger partial charge in [0.05, 0.1) is 36.7 Å². The number of aryl methyl sites for hydroxylation is 2. The number of nitrogens with one attached hydrogen (secondary N) is 4. The molecule has 0 spiro atoms. The molecule has 7 rings (SSSR count). The van der Waals surface area contributed by atoms with Gasteiger partial charge in [-0.1, -0.05) is 12.2 Å². The standard InChI is InChI=1S/C35H39N7O8S/c1-17-37-14-23(50-17)12-26(40-33(47)28(20-7-9-48-15-20)42-27(43)11-22-16-49-18(2)38-22)32(46)39-25(10-19-6-8-36-31(19)45)29(44)34-41-24-5-4-21-13-35(21,3)30(24)51-34/h4-5,13-14,16,19-20,25-26,28H,6-12,15H2,1-3H3,(H,36,45)(H,39,46)(H,40,47)(H,42,43)/t19-,20?,25-,26-,28-,35+/m0/s1. The molecule has 51 heavy (non-hydrogen) atoms. The van der Waals surface area contributed by atoms with Crippen molar-refractivity contribution < 1.29 is 37.5 Å². The van der Waals surface area contributed by atoms with Crippen molar-refractivity contribution in [2.24, 2.45) is 11.8 Å². The normalized spacial score (nSPS) is 23.4. The average Bonchev–Trinajstić information content (AvgIpc) is 3.80. The minimum atomic E-state index is -1.23. The first-order valence-electron chi connectivity index (χ1n) is 17.0. The van der Waals surface area contributed by atoms with Crippen LogP contribution in [0.25, 0.3) is 6.08 Å². The van der Waals surface area contributed by atoms with Gasteiger partial charge in [0.1, 0.15) is 24.1 Å². The number of Topliss-reactive ketones (excluding diaryl/α,β-unsaturated/α-hetero) is 1. The van der Waals surface area contributed by atoms with E-state index in [0.29, 0.717) is 54.9 Å². The van der Waals surface area contributed by atoms with Crippen LogP contribution in [0.5, 0.6) is 0 Å². The second kappa shape index (κ2) is 14.0. The molecule has 5 heterocycles. The molecule has 0 bridgehead atoms. The Bertz CT molecular complexity index is 1940. The molecule has 268 valence electrons. The van der Waals surface area contributed by atoms with Crippen LogP contribution in [0.3, 0.4) is 0 Å². The molecule has 15 nitrogen and oxygen atoms in total. The SMILES string of the molecule is Cc1nc(CC(=O)N[C@H](C(=O)N[C@@H](Cc2cnc(C)o2)C(=O)N[C@@H](C[C@@H]2CCNC2=O)C(=O)c2nc3c(s2)[C@]2(C)C=C2C=C3)C2CCOC2)co1. The number of hydrogen-bond acceptors (Lipinski definition) is 12. The molecule has 3 aromatic rings. The lowest BCUT2D eigenvalue weighted by atomic mass is 9.94. The number of fused-ring (bicyclic) bond motifs is 3. The van der Waals surface area contributed by atoms with Gasteiger partial charge in [-0.2, -0.15) is 0 Å². The maximum absolute atomic E-state index is 14.2. The molecule has 0 aromatic carbocycles. The maximum atomic E-state index is 14.2. The Morgan fingerprint density at radius 1 is 1.06 bits per heavy atom. The largest absolute Gasteiger partial charge is 0.449 e. The first kappa shape index (κ1) is 34.5. The molecule has 3 aromatic heterocycles. The predicted molar refractivity (Wildman–Crippen MR) is 181 cm³/mol. The molecule has 2 saturated heterocycles. The van der Waals surface area contributed by atoms with Crippen LogP contribution in [0.1, 0.15) is 69.8 Å². The summed E-state index contributed by atoms with van der Waals surface area (Å²) in [6.45, 7) is 6.52. The van der Waals surface area contributed by atoms with E-state index in [2.05, 4.69) is 49.2 Å². The summed E-state index contributed by atoms with van der Waals surface area (Å²) >= 11 is 1.28. The maximum Gasteiger partial charge on any atom is 0.243 e. The first-order valence-corrected chi connectivity index (χ1v) is 17.8. The third-order valence-corrected chi connectivity index (χ3v) is 11.1. The molecule has 4 aliphatic rings. The zero-order valence-electron chi connectivity index (χ0n) is 28.4. The minimum Gasteiger partial charge on any atom is -0.449 e. The van der Waals surface area contributed by atoms with Crippen LogP contribution in [-0.4, -0.2) is 82.2 Å². The fourth-order valence-corrected chi connectivity index (χ4v) is 8.04. The molecule has 2 aliphatic heterocycles. The van der Waals surface area contributed by atoms with Gasteiger partial charge in [-0.25, -0.2) is 15.0 Å². The lowest BCUT2D eigenvalue weighted by molar-refractivity contribution is -0.133. The number of ether oxygens (including phenoxy) is 1. The van der Waals surface area contributed by atoms with E-state index < -0.39 is 47.5 Å². The van der Waals surface area contributed by atoms with Crippen molar-refractivity contribution >= 4 is 46.8 Å². The Kier molecular flexibility index (Phi) is 9.46. The average molecular weight is 718 g/mol. The summed E-state index contributed by atoms with van der Waals surface area (Å²) in [5, 5.41) is 11.5. The molecule has 4 N–H and O–H groups in total. The highest BCUT2D eigenvalue weighted by atomic mass is 32.1. The number of ketones is 1. The fourth-order valence-electron chi connectivity index (χ4n) is 6.85. The molecular formula is C35H39N7O8S. The predicted octanol–water partition coefficient (Wildman–Crippen LogP) is 1.65.